The van der Waals surface area contributed by atoms with E-state index in [4.69, 9.17) is 9.47 Å². The standard InChI is InChI=1S/C18H28N2O3/c1-14(2)8-13-23-16-6-4-15(5-7-16)20-17(21)18(22-3)9-11-19-12-10-18/h4-7,14,19H,8-13H2,1-3H3,(H,20,21). The summed E-state index contributed by atoms with van der Waals surface area (Å²) in [5.41, 5.74) is 0.0405. The Labute approximate surface area is 138 Å². The highest BCUT2D eigenvalue weighted by Gasteiger charge is 2.39. The molecule has 1 amide bonds. The lowest BCUT2D eigenvalue weighted by Crippen LogP contribution is -2.51. The molecule has 23 heavy (non-hydrogen) atoms. The van der Waals surface area contributed by atoms with Crippen molar-refractivity contribution in [1.82, 2.24) is 5.32 Å². The molecule has 1 aliphatic heterocycles. The molecule has 1 saturated heterocycles. The van der Waals surface area contributed by atoms with Crippen LogP contribution in [0, 0.1) is 5.92 Å². The zero-order chi connectivity index (χ0) is 16.7. The maximum atomic E-state index is 12.6. The highest BCUT2D eigenvalue weighted by Crippen LogP contribution is 2.25. The van der Waals surface area contributed by atoms with Crippen molar-refractivity contribution in [3.8, 4) is 5.75 Å². The number of benzene rings is 1. The first-order valence-electron chi connectivity index (χ1n) is 8.36. The molecule has 1 aliphatic rings. The van der Waals surface area contributed by atoms with Crippen molar-refractivity contribution in [3.63, 3.8) is 0 Å². The summed E-state index contributed by atoms with van der Waals surface area (Å²) in [7, 11) is 1.61. The fraction of sp³-hybridized carbons (Fsp3) is 0.611. The summed E-state index contributed by atoms with van der Waals surface area (Å²) in [6.45, 7) is 6.65. The van der Waals surface area contributed by atoms with Gasteiger partial charge in [0.25, 0.3) is 5.91 Å². The van der Waals surface area contributed by atoms with Crippen molar-refractivity contribution in [2.75, 3.05) is 32.1 Å². The van der Waals surface area contributed by atoms with Crippen LogP contribution in [0.1, 0.15) is 33.1 Å². The van der Waals surface area contributed by atoms with Crippen molar-refractivity contribution in [3.05, 3.63) is 24.3 Å². The van der Waals surface area contributed by atoms with Crippen LogP contribution in [0.25, 0.3) is 0 Å². The van der Waals surface area contributed by atoms with Crippen LogP contribution < -0.4 is 15.4 Å². The highest BCUT2D eigenvalue weighted by atomic mass is 16.5. The van der Waals surface area contributed by atoms with Gasteiger partial charge in [-0.1, -0.05) is 13.8 Å². The fourth-order valence-electron chi connectivity index (χ4n) is 2.65. The molecule has 0 atom stereocenters. The van der Waals surface area contributed by atoms with E-state index < -0.39 is 5.60 Å². The van der Waals surface area contributed by atoms with Crippen LogP contribution in [-0.4, -0.2) is 38.3 Å². The topological polar surface area (TPSA) is 59.6 Å². The van der Waals surface area contributed by atoms with Gasteiger partial charge < -0.3 is 20.1 Å². The van der Waals surface area contributed by atoms with Crippen molar-refractivity contribution < 1.29 is 14.3 Å². The first-order chi connectivity index (χ1) is 11.1. The van der Waals surface area contributed by atoms with E-state index in [1.807, 2.05) is 24.3 Å². The molecule has 2 rings (SSSR count). The molecule has 2 N–H and O–H groups in total. The molecule has 1 aromatic rings. The summed E-state index contributed by atoms with van der Waals surface area (Å²) < 4.78 is 11.2. The number of methoxy groups -OCH3 is 1. The van der Waals surface area contributed by atoms with Gasteiger partial charge in [0.2, 0.25) is 0 Å². The van der Waals surface area contributed by atoms with Crippen molar-refractivity contribution in [2.24, 2.45) is 5.92 Å². The molecule has 1 fully saturated rings. The van der Waals surface area contributed by atoms with E-state index in [1.165, 1.54) is 0 Å². The summed E-state index contributed by atoms with van der Waals surface area (Å²) in [6.07, 6.45) is 2.40. The Hall–Kier alpha value is -1.59. The Morgan fingerprint density at radius 3 is 2.48 bits per heavy atom. The lowest BCUT2D eigenvalue weighted by atomic mass is 9.91. The van der Waals surface area contributed by atoms with Crippen molar-refractivity contribution in [2.45, 2.75) is 38.7 Å². The van der Waals surface area contributed by atoms with Gasteiger partial charge in [0.05, 0.1) is 6.61 Å². The maximum absolute atomic E-state index is 12.6. The van der Waals surface area contributed by atoms with Gasteiger partial charge in [-0.2, -0.15) is 0 Å². The molecule has 128 valence electrons. The number of nitrogens with one attached hydrogen (secondary N) is 2. The minimum absolute atomic E-state index is 0.0741. The van der Waals surface area contributed by atoms with Gasteiger partial charge in [-0.15, -0.1) is 0 Å². The Bertz CT molecular complexity index is 493. The van der Waals surface area contributed by atoms with E-state index in [0.717, 1.165) is 30.9 Å². The average Bonchev–Trinajstić information content (AvgIpc) is 2.56. The van der Waals surface area contributed by atoms with Crippen LogP contribution in [0.5, 0.6) is 5.75 Å². The number of ether oxygens (including phenoxy) is 2. The molecule has 0 aliphatic carbocycles. The van der Waals surface area contributed by atoms with Gasteiger partial charge in [-0.3, -0.25) is 4.79 Å². The third-order valence-electron chi connectivity index (χ3n) is 4.29. The molecular weight excluding hydrogens is 292 g/mol. The van der Waals surface area contributed by atoms with Crippen LogP contribution in [0.3, 0.4) is 0 Å². The normalized spacial score (nSPS) is 17.0. The zero-order valence-electron chi connectivity index (χ0n) is 14.4. The summed E-state index contributed by atoms with van der Waals surface area (Å²) in [4.78, 5) is 12.6. The summed E-state index contributed by atoms with van der Waals surface area (Å²) in [6, 6.07) is 7.51. The van der Waals surface area contributed by atoms with Crippen molar-refractivity contribution in [1.29, 1.82) is 0 Å². The highest BCUT2D eigenvalue weighted by molar-refractivity contribution is 5.97. The van der Waals surface area contributed by atoms with Crippen LogP contribution in [0.2, 0.25) is 0 Å². The van der Waals surface area contributed by atoms with E-state index in [2.05, 4.69) is 24.5 Å². The van der Waals surface area contributed by atoms with Crippen LogP contribution in [0.4, 0.5) is 5.69 Å². The first kappa shape index (κ1) is 17.8. The number of amides is 1. The Morgan fingerprint density at radius 2 is 1.91 bits per heavy atom. The number of carbonyl (C=O) groups excluding carboxylic acids is 1. The van der Waals surface area contributed by atoms with Crippen LogP contribution in [0.15, 0.2) is 24.3 Å². The number of hydrogen-bond acceptors (Lipinski definition) is 4. The second-order valence-electron chi connectivity index (χ2n) is 6.46. The predicted octanol–water partition coefficient (Wildman–Crippen LogP) is 2.82. The summed E-state index contributed by atoms with van der Waals surface area (Å²) >= 11 is 0. The molecule has 0 aromatic heterocycles. The molecule has 0 bridgehead atoms. The minimum Gasteiger partial charge on any atom is -0.494 e. The molecule has 5 nitrogen and oxygen atoms in total. The lowest BCUT2D eigenvalue weighted by Gasteiger charge is -2.34. The first-order valence-corrected chi connectivity index (χ1v) is 8.36. The van der Waals surface area contributed by atoms with E-state index in [1.54, 1.807) is 7.11 Å². The lowest BCUT2D eigenvalue weighted by molar-refractivity contribution is -0.140. The molecule has 5 heteroatoms. The fourth-order valence-corrected chi connectivity index (χ4v) is 2.65. The molecule has 1 heterocycles. The van der Waals surface area contributed by atoms with Gasteiger partial charge >= 0.3 is 0 Å². The average molecular weight is 320 g/mol. The number of anilines is 1. The third kappa shape index (κ3) is 4.94. The van der Waals surface area contributed by atoms with E-state index in [-0.39, 0.29) is 5.91 Å². The predicted molar refractivity (Wildman–Crippen MR) is 91.9 cm³/mol. The second-order valence-corrected chi connectivity index (χ2v) is 6.46. The zero-order valence-corrected chi connectivity index (χ0v) is 14.4. The maximum Gasteiger partial charge on any atom is 0.256 e. The Morgan fingerprint density at radius 1 is 1.26 bits per heavy atom. The van der Waals surface area contributed by atoms with Crippen LogP contribution >= 0.6 is 0 Å². The summed E-state index contributed by atoms with van der Waals surface area (Å²) in [5, 5.41) is 6.21. The van der Waals surface area contributed by atoms with Crippen molar-refractivity contribution >= 4 is 11.6 Å². The summed E-state index contributed by atoms with van der Waals surface area (Å²) in [5.74, 6) is 1.38. The number of piperidine rings is 1. The Balaban J connectivity index is 1.90. The number of rotatable bonds is 7. The van der Waals surface area contributed by atoms with Crippen LogP contribution in [-0.2, 0) is 9.53 Å². The number of carbonyl (C=O) groups is 1. The van der Waals surface area contributed by atoms with E-state index >= 15 is 0 Å². The monoisotopic (exact) mass is 320 g/mol. The SMILES string of the molecule is COC1(C(=O)Nc2ccc(OCCC(C)C)cc2)CCNCC1. The smallest absolute Gasteiger partial charge is 0.256 e. The largest absolute Gasteiger partial charge is 0.494 e. The van der Waals surface area contributed by atoms with Gasteiger partial charge in [0.1, 0.15) is 11.4 Å². The quantitative estimate of drug-likeness (QED) is 0.811. The molecule has 0 radical (unpaired) electrons. The second kappa shape index (κ2) is 8.31. The molecule has 0 spiro atoms. The van der Waals surface area contributed by atoms with E-state index in [0.29, 0.717) is 25.4 Å². The molecule has 0 saturated carbocycles. The Kier molecular flexibility index (Phi) is 6.42. The third-order valence-corrected chi connectivity index (χ3v) is 4.29. The molecular formula is C18H28N2O3. The van der Waals surface area contributed by atoms with Gasteiger partial charge in [-0.05, 0) is 62.5 Å². The number of hydrogen-bond donors (Lipinski definition) is 2. The van der Waals surface area contributed by atoms with Gasteiger partial charge in [0, 0.05) is 12.8 Å². The minimum atomic E-state index is -0.725. The van der Waals surface area contributed by atoms with E-state index in [9.17, 15) is 4.79 Å². The van der Waals surface area contributed by atoms with Gasteiger partial charge in [-0.25, -0.2) is 0 Å². The molecule has 0 unspecified atom stereocenters. The molecule has 1 aromatic carbocycles. The van der Waals surface area contributed by atoms with Gasteiger partial charge in [0.15, 0.2) is 0 Å².